The monoisotopic (exact) mass is 345 g/mol. The molecule has 0 aromatic heterocycles. The van der Waals surface area contributed by atoms with Crippen molar-refractivity contribution in [1.82, 2.24) is 15.5 Å². The van der Waals surface area contributed by atoms with Crippen LogP contribution in [0.2, 0.25) is 0 Å². The zero-order valence-electron chi connectivity index (χ0n) is 15.9. The van der Waals surface area contributed by atoms with E-state index in [9.17, 15) is 9.59 Å². The molecule has 1 aliphatic rings. The summed E-state index contributed by atoms with van der Waals surface area (Å²) in [5.74, 6) is 0.00239. The van der Waals surface area contributed by atoms with Crippen molar-refractivity contribution in [1.29, 1.82) is 0 Å². The summed E-state index contributed by atoms with van der Waals surface area (Å²) in [6.45, 7) is 8.47. The minimum absolute atomic E-state index is 0.0705. The first-order valence-electron chi connectivity index (χ1n) is 9.15. The summed E-state index contributed by atoms with van der Waals surface area (Å²) in [7, 11) is 1.91. The van der Waals surface area contributed by atoms with Gasteiger partial charge in [-0.3, -0.25) is 9.59 Å². The zero-order chi connectivity index (χ0) is 18.4. The lowest BCUT2D eigenvalue weighted by molar-refractivity contribution is -0.131. The number of benzene rings is 1. The maximum atomic E-state index is 12.4. The number of likely N-dealkylation sites (tertiary alicyclic amines) is 1. The molecule has 0 radical (unpaired) electrons. The van der Waals surface area contributed by atoms with Gasteiger partial charge in [-0.05, 0) is 43.0 Å². The topological polar surface area (TPSA) is 61.4 Å². The lowest BCUT2D eigenvalue weighted by Gasteiger charge is -2.24. The van der Waals surface area contributed by atoms with E-state index in [-0.39, 0.29) is 23.3 Å². The molecule has 25 heavy (non-hydrogen) atoms. The summed E-state index contributed by atoms with van der Waals surface area (Å²) in [6.07, 6.45) is 2.47. The van der Waals surface area contributed by atoms with Gasteiger partial charge >= 0.3 is 0 Å². The second kappa shape index (κ2) is 8.48. The van der Waals surface area contributed by atoms with Gasteiger partial charge in [-0.25, -0.2) is 0 Å². The highest BCUT2D eigenvalue weighted by Gasteiger charge is 2.27. The Morgan fingerprint density at radius 3 is 2.48 bits per heavy atom. The molecule has 0 aliphatic carbocycles. The van der Waals surface area contributed by atoms with Crippen LogP contribution in [0.5, 0.6) is 0 Å². The first-order chi connectivity index (χ1) is 11.8. The van der Waals surface area contributed by atoms with E-state index in [4.69, 9.17) is 0 Å². The lowest BCUT2D eigenvalue weighted by Crippen LogP contribution is -2.42. The van der Waals surface area contributed by atoms with Gasteiger partial charge in [-0.1, -0.05) is 32.9 Å². The summed E-state index contributed by atoms with van der Waals surface area (Å²) < 4.78 is 0. The third-order valence-electron chi connectivity index (χ3n) is 4.77. The van der Waals surface area contributed by atoms with Gasteiger partial charge in [-0.15, -0.1) is 0 Å². The molecule has 1 aliphatic heterocycles. The third-order valence-corrected chi connectivity index (χ3v) is 4.77. The van der Waals surface area contributed by atoms with Crippen LogP contribution in [0.3, 0.4) is 0 Å². The van der Waals surface area contributed by atoms with Crippen LogP contribution in [-0.2, 0) is 10.2 Å². The standard InChI is InChI=1S/C20H31N3O2/c1-20(2,3)16-9-7-15(8-10-16)19(25)22-12-11-18(24)23-13-5-6-17(23)14-21-4/h7-10,17,21H,5-6,11-14H2,1-4H3,(H,22,25). The minimum Gasteiger partial charge on any atom is -0.352 e. The maximum absolute atomic E-state index is 12.4. The molecule has 2 rings (SSSR count). The Labute approximate surface area is 151 Å². The van der Waals surface area contributed by atoms with Crippen LogP contribution in [0.1, 0.15) is 56.0 Å². The van der Waals surface area contributed by atoms with Gasteiger partial charge in [0.05, 0.1) is 0 Å². The van der Waals surface area contributed by atoms with E-state index in [2.05, 4.69) is 31.4 Å². The normalized spacial score (nSPS) is 17.6. The van der Waals surface area contributed by atoms with E-state index in [0.29, 0.717) is 18.5 Å². The Kier molecular flexibility index (Phi) is 6.59. The lowest BCUT2D eigenvalue weighted by atomic mass is 9.87. The van der Waals surface area contributed by atoms with Crippen molar-refractivity contribution in [2.24, 2.45) is 0 Å². The van der Waals surface area contributed by atoms with E-state index in [1.165, 1.54) is 5.56 Å². The molecule has 1 aromatic rings. The maximum Gasteiger partial charge on any atom is 0.251 e. The van der Waals surface area contributed by atoms with Crippen LogP contribution in [-0.4, -0.2) is 49.4 Å². The predicted molar refractivity (Wildman–Crippen MR) is 101 cm³/mol. The van der Waals surface area contributed by atoms with Gasteiger partial charge in [0.25, 0.3) is 5.91 Å². The predicted octanol–water partition coefficient (Wildman–Crippen LogP) is 2.31. The molecule has 5 nitrogen and oxygen atoms in total. The number of carbonyl (C=O) groups excluding carboxylic acids is 2. The first-order valence-corrected chi connectivity index (χ1v) is 9.15. The van der Waals surface area contributed by atoms with E-state index >= 15 is 0 Å². The van der Waals surface area contributed by atoms with Crippen molar-refractivity contribution in [3.63, 3.8) is 0 Å². The van der Waals surface area contributed by atoms with Crippen molar-refractivity contribution in [3.05, 3.63) is 35.4 Å². The summed E-state index contributed by atoms with van der Waals surface area (Å²) in [6, 6.07) is 7.97. The molecule has 1 saturated heterocycles. The molecular weight excluding hydrogens is 314 g/mol. The average Bonchev–Trinajstić information content (AvgIpc) is 3.02. The number of hydrogen-bond donors (Lipinski definition) is 2. The summed E-state index contributed by atoms with van der Waals surface area (Å²) in [4.78, 5) is 26.5. The number of nitrogens with one attached hydrogen (secondary N) is 2. The van der Waals surface area contributed by atoms with Gasteiger partial charge in [0, 0.05) is 37.7 Å². The average molecular weight is 345 g/mol. The molecule has 2 amide bonds. The second-order valence-electron chi connectivity index (χ2n) is 7.77. The van der Waals surface area contributed by atoms with Crippen molar-refractivity contribution in [2.45, 2.75) is 51.5 Å². The highest BCUT2D eigenvalue weighted by Crippen LogP contribution is 2.22. The Bertz CT molecular complexity index is 590. The number of hydrogen-bond acceptors (Lipinski definition) is 3. The van der Waals surface area contributed by atoms with Gasteiger partial charge in [0.1, 0.15) is 0 Å². The Morgan fingerprint density at radius 2 is 1.88 bits per heavy atom. The fourth-order valence-corrected chi connectivity index (χ4v) is 3.26. The molecule has 138 valence electrons. The fourth-order valence-electron chi connectivity index (χ4n) is 3.26. The van der Waals surface area contributed by atoms with E-state index in [1.54, 1.807) is 0 Å². The Balaban J connectivity index is 1.81. The van der Waals surface area contributed by atoms with Crippen LogP contribution >= 0.6 is 0 Å². The molecule has 1 aromatic carbocycles. The fraction of sp³-hybridized carbons (Fsp3) is 0.600. The van der Waals surface area contributed by atoms with E-state index in [1.807, 2.05) is 36.2 Å². The Morgan fingerprint density at radius 1 is 1.20 bits per heavy atom. The highest BCUT2D eigenvalue weighted by molar-refractivity contribution is 5.94. The molecule has 2 N–H and O–H groups in total. The number of likely N-dealkylation sites (N-methyl/N-ethyl adjacent to an activating group) is 1. The third kappa shape index (κ3) is 5.30. The molecule has 1 fully saturated rings. The smallest absolute Gasteiger partial charge is 0.251 e. The summed E-state index contributed by atoms with van der Waals surface area (Å²) in [5, 5.41) is 6.00. The van der Waals surface area contributed by atoms with Crippen LogP contribution in [0.15, 0.2) is 24.3 Å². The number of carbonyl (C=O) groups is 2. The van der Waals surface area contributed by atoms with Gasteiger partial charge in [-0.2, -0.15) is 0 Å². The van der Waals surface area contributed by atoms with Crippen LogP contribution in [0, 0.1) is 0 Å². The van der Waals surface area contributed by atoms with Crippen molar-refractivity contribution in [2.75, 3.05) is 26.7 Å². The molecule has 5 heteroatoms. The van der Waals surface area contributed by atoms with Crippen LogP contribution in [0.25, 0.3) is 0 Å². The molecule has 1 atom stereocenters. The van der Waals surface area contributed by atoms with E-state index < -0.39 is 0 Å². The molecular formula is C20H31N3O2. The number of amides is 2. The van der Waals surface area contributed by atoms with Crippen molar-refractivity contribution < 1.29 is 9.59 Å². The molecule has 0 bridgehead atoms. The van der Waals surface area contributed by atoms with Crippen LogP contribution < -0.4 is 10.6 Å². The highest BCUT2D eigenvalue weighted by atomic mass is 16.2. The minimum atomic E-state index is -0.124. The van der Waals surface area contributed by atoms with Crippen molar-refractivity contribution in [3.8, 4) is 0 Å². The van der Waals surface area contributed by atoms with Gasteiger partial charge in [0.2, 0.25) is 5.91 Å². The molecule has 0 spiro atoms. The van der Waals surface area contributed by atoms with Crippen molar-refractivity contribution >= 4 is 11.8 Å². The largest absolute Gasteiger partial charge is 0.352 e. The molecule has 1 heterocycles. The SMILES string of the molecule is CNCC1CCCN1C(=O)CCNC(=O)c1ccc(C(C)(C)C)cc1. The summed E-state index contributed by atoms with van der Waals surface area (Å²) >= 11 is 0. The second-order valence-corrected chi connectivity index (χ2v) is 7.77. The Hall–Kier alpha value is -1.88. The first kappa shape index (κ1) is 19.4. The van der Waals surface area contributed by atoms with Gasteiger partial charge < -0.3 is 15.5 Å². The number of rotatable bonds is 6. The van der Waals surface area contributed by atoms with Crippen LogP contribution in [0.4, 0.5) is 0 Å². The molecule has 0 saturated carbocycles. The summed E-state index contributed by atoms with van der Waals surface area (Å²) in [5.41, 5.74) is 1.90. The van der Waals surface area contributed by atoms with Gasteiger partial charge in [0.15, 0.2) is 0 Å². The van der Waals surface area contributed by atoms with E-state index in [0.717, 1.165) is 25.9 Å². The zero-order valence-corrected chi connectivity index (χ0v) is 15.9. The molecule has 1 unspecified atom stereocenters. The number of nitrogens with zero attached hydrogens (tertiary/aromatic N) is 1. The quantitative estimate of drug-likeness (QED) is 0.832.